The van der Waals surface area contributed by atoms with Crippen LogP contribution in [-0.4, -0.2) is 18.5 Å². The lowest BCUT2D eigenvalue weighted by Gasteiger charge is -2.27. The van der Waals surface area contributed by atoms with Crippen LogP contribution in [0.5, 0.6) is 0 Å². The molecule has 1 heterocycles. The van der Waals surface area contributed by atoms with Gasteiger partial charge in [0.25, 0.3) is 0 Å². The number of hydrogen-bond acceptors (Lipinski definition) is 3. The Morgan fingerprint density at radius 3 is 3.06 bits per heavy atom. The summed E-state index contributed by atoms with van der Waals surface area (Å²) in [5.41, 5.74) is 4.89. The minimum Gasteiger partial charge on any atom is -0.368 e. The maximum atomic E-state index is 11.1. The van der Waals surface area contributed by atoms with Gasteiger partial charge in [-0.25, -0.2) is 5.84 Å². The van der Waals surface area contributed by atoms with Crippen LogP contribution >= 0.6 is 0 Å². The quantitative estimate of drug-likeness (QED) is 0.467. The van der Waals surface area contributed by atoms with E-state index in [1.165, 1.54) is 11.3 Å². The summed E-state index contributed by atoms with van der Waals surface area (Å²) in [6, 6.07) is 8.85. The molecule has 1 aromatic carbocycles. The highest BCUT2D eigenvalue weighted by Gasteiger charge is 2.22. The van der Waals surface area contributed by atoms with Crippen molar-refractivity contribution in [2.75, 3.05) is 11.4 Å². The van der Waals surface area contributed by atoms with E-state index < -0.39 is 0 Å². The van der Waals surface area contributed by atoms with E-state index in [2.05, 4.69) is 41.5 Å². The van der Waals surface area contributed by atoms with E-state index >= 15 is 0 Å². The van der Waals surface area contributed by atoms with E-state index in [-0.39, 0.29) is 5.91 Å². The van der Waals surface area contributed by atoms with Crippen molar-refractivity contribution in [2.24, 2.45) is 5.84 Å². The van der Waals surface area contributed by atoms with Crippen molar-refractivity contribution in [3.8, 4) is 0 Å². The molecule has 0 spiro atoms. The highest BCUT2D eigenvalue weighted by atomic mass is 16.2. The average Bonchev–Trinajstić information content (AvgIpc) is 2.79. The molecule has 0 aromatic heterocycles. The second kappa shape index (κ2) is 5.19. The average molecular weight is 233 g/mol. The third-order valence-electron chi connectivity index (χ3n) is 3.41. The van der Waals surface area contributed by atoms with Crippen LogP contribution in [-0.2, 0) is 11.2 Å². The van der Waals surface area contributed by atoms with Crippen LogP contribution in [0.3, 0.4) is 0 Å². The van der Waals surface area contributed by atoms with Gasteiger partial charge in [-0.15, -0.1) is 0 Å². The molecule has 0 radical (unpaired) electrons. The van der Waals surface area contributed by atoms with Crippen molar-refractivity contribution in [3.63, 3.8) is 0 Å². The van der Waals surface area contributed by atoms with Gasteiger partial charge in [-0.2, -0.15) is 0 Å². The Hall–Kier alpha value is -1.55. The molecule has 1 aliphatic rings. The number of para-hydroxylation sites is 1. The molecule has 1 atom stereocenters. The molecule has 4 heteroatoms. The standard InChI is InChI=1S/C13H19N3O/c1-10(6-7-13(17)15-14)16-9-8-11-4-2-3-5-12(11)16/h2-5,10H,6-9,14H2,1H3,(H,15,17). The van der Waals surface area contributed by atoms with E-state index in [1.54, 1.807) is 0 Å². The van der Waals surface area contributed by atoms with Crippen LogP contribution in [0, 0.1) is 0 Å². The molecule has 0 saturated heterocycles. The van der Waals surface area contributed by atoms with E-state index in [0.717, 1.165) is 19.4 Å². The number of nitrogens with zero attached hydrogens (tertiary/aromatic N) is 1. The lowest BCUT2D eigenvalue weighted by atomic mass is 10.1. The first-order chi connectivity index (χ1) is 8.22. The van der Waals surface area contributed by atoms with Crippen molar-refractivity contribution in [1.82, 2.24) is 5.43 Å². The number of carbonyl (C=O) groups excluding carboxylic acids is 1. The number of nitrogens with one attached hydrogen (secondary N) is 1. The fourth-order valence-electron chi connectivity index (χ4n) is 2.39. The number of hydrogen-bond donors (Lipinski definition) is 2. The Morgan fingerprint density at radius 2 is 2.29 bits per heavy atom. The normalized spacial score (nSPS) is 15.5. The van der Waals surface area contributed by atoms with Crippen LogP contribution in [0.25, 0.3) is 0 Å². The molecule has 1 aliphatic heterocycles. The highest BCUT2D eigenvalue weighted by molar-refractivity contribution is 5.75. The molecule has 0 fully saturated rings. The smallest absolute Gasteiger partial charge is 0.233 e. The van der Waals surface area contributed by atoms with E-state index in [4.69, 9.17) is 5.84 Å². The lowest BCUT2D eigenvalue weighted by Crippen LogP contribution is -2.34. The summed E-state index contributed by atoms with van der Waals surface area (Å²) in [7, 11) is 0. The van der Waals surface area contributed by atoms with Crippen LogP contribution in [0.4, 0.5) is 5.69 Å². The van der Waals surface area contributed by atoms with Gasteiger partial charge in [0, 0.05) is 24.7 Å². The number of hydrazine groups is 1. The topological polar surface area (TPSA) is 58.4 Å². The number of fused-ring (bicyclic) bond motifs is 1. The fraction of sp³-hybridized carbons (Fsp3) is 0.462. The molecule has 2 rings (SSSR count). The summed E-state index contributed by atoms with van der Waals surface area (Å²) in [6.45, 7) is 3.21. The Labute approximate surface area is 102 Å². The van der Waals surface area contributed by atoms with Gasteiger partial charge < -0.3 is 4.90 Å². The third-order valence-corrected chi connectivity index (χ3v) is 3.41. The molecule has 17 heavy (non-hydrogen) atoms. The van der Waals surface area contributed by atoms with Crippen molar-refractivity contribution >= 4 is 11.6 Å². The second-order valence-electron chi connectivity index (χ2n) is 4.53. The van der Waals surface area contributed by atoms with E-state index in [9.17, 15) is 4.79 Å². The summed E-state index contributed by atoms with van der Waals surface area (Å²) < 4.78 is 0. The number of rotatable bonds is 4. The summed E-state index contributed by atoms with van der Waals surface area (Å²) >= 11 is 0. The van der Waals surface area contributed by atoms with Crippen molar-refractivity contribution < 1.29 is 4.79 Å². The Kier molecular flexibility index (Phi) is 3.64. The predicted octanol–water partition coefficient (Wildman–Crippen LogP) is 1.21. The number of carbonyl (C=O) groups is 1. The van der Waals surface area contributed by atoms with Gasteiger partial charge >= 0.3 is 0 Å². The number of amides is 1. The fourth-order valence-corrected chi connectivity index (χ4v) is 2.39. The summed E-state index contributed by atoms with van der Waals surface area (Å²) in [6.07, 6.45) is 2.41. The lowest BCUT2D eigenvalue weighted by molar-refractivity contribution is -0.121. The summed E-state index contributed by atoms with van der Waals surface area (Å²) in [4.78, 5) is 13.5. The van der Waals surface area contributed by atoms with Crippen molar-refractivity contribution in [3.05, 3.63) is 29.8 Å². The molecular formula is C13H19N3O. The molecule has 0 aliphatic carbocycles. The second-order valence-corrected chi connectivity index (χ2v) is 4.53. The first-order valence-electron chi connectivity index (χ1n) is 6.06. The summed E-state index contributed by atoms with van der Waals surface area (Å²) in [5, 5.41) is 0. The first-order valence-corrected chi connectivity index (χ1v) is 6.06. The third kappa shape index (κ3) is 2.58. The number of benzene rings is 1. The number of anilines is 1. The largest absolute Gasteiger partial charge is 0.368 e. The SMILES string of the molecule is CC(CCC(=O)NN)N1CCc2ccccc21. The van der Waals surface area contributed by atoms with Crippen molar-refractivity contribution in [2.45, 2.75) is 32.2 Å². The highest BCUT2D eigenvalue weighted by Crippen LogP contribution is 2.30. The van der Waals surface area contributed by atoms with Gasteiger partial charge in [0.2, 0.25) is 5.91 Å². The van der Waals surface area contributed by atoms with Crippen LogP contribution in [0.1, 0.15) is 25.3 Å². The Bertz CT molecular complexity index is 405. The first kappa shape index (κ1) is 11.9. The predicted molar refractivity (Wildman–Crippen MR) is 68.5 cm³/mol. The van der Waals surface area contributed by atoms with Crippen LogP contribution in [0.15, 0.2) is 24.3 Å². The zero-order chi connectivity index (χ0) is 12.3. The van der Waals surface area contributed by atoms with E-state index in [0.29, 0.717) is 12.5 Å². The maximum Gasteiger partial charge on any atom is 0.233 e. The zero-order valence-electron chi connectivity index (χ0n) is 10.1. The van der Waals surface area contributed by atoms with E-state index in [1.807, 2.05) is 0 Å². The zero-order valence-corrected chi connectivity index (χ0v) is 10.1. The van der Waals surface area contributed by atoms with Gasteiger partial charge in [-0.3, -0.25) is 10.2 Å². The summed E-state index contributed by atoms with van der Waals surface area (Å²) in [5.74, 6) is 4.98. The molecule has 0 saturated carbocycles. The maximum absolute atomic E-state index is 11.1. The molecule has 4 nitrogen and oxygen atoms in total. The molecular weight excluding hydrogens is 214 g/mol. The van der Waals surface area contributed by atoms with Crippen LogP contribution in [0.2, 0.25) is 0 Å². The van der Waals surface area contributed by atoms with Gasteiger partial charge in [-0.05, 0) is 31.4 Å². The molecule has 1 amide bonds. The van der Waals surface area contributed by atoms with Crippen molar-refractivity contribution in [1.29, 1.82) is 0 Å². The minimum atomic E-state index is -0.0932. The minimum absolute atomic E-state index is 0.0932. The van der Waals surface area contributed by atoms with Gasteiger partial charge in [-0.1, -0.05) is 18.2 Å². The molecule has 3 N–H and O–H groups in total. The molecule has 1 aromatic rings. The van der Waals surface area contributed by atoms with Gasteiger partial charge in [0.1, 0.15) is 0 Å². The van der Waals surface area contributed by atoms with Gasteiger partial charge in [0.05, 0.1) is 0 Å². The van der Waals surface area contributed by atoms with Gasteiger partial charge in [0.15, 0.2) is 0 Å². The Morgan fingerprint density at radius 1 is 1.53 bits per heavy atom. The number of nitrogens with two attached hydrogens (primary N) is 1. The molecule has 92 valence electrons. The Balaban J connectivity index is 1.98. The van der Waals surface area contributed by atoms with Crippen LogP contribution < -0.4 is 16.2 Å². The molecule has 0 bridgehead atoms. The molecule has 1 unspecified atom stereocenters. The monoisotopic (exact) mass is 233 g/mol.